The van der Waals surface area contributed by atoms with Gasteiger partial charge in [0.15, 0.2) is 5.13 Å². The van der Waals surface area contributed by atoms with E-state index < -0.39 is 0 Å². The first kappa shape index (κ1) is 19.8. The Bertz CT molecular complexity index is 681. The fourth-order valence-corrected chi connectivity index (χ4v) is 3.54. The van der Waals surface area contributed by atoms with Crippen LogP contribution >= 0.6 is 23.7 Å². The van der Waals surface area contributed by atoms with Crippen LogP contribution in [0.25, 0.3) is 0 Å². The van der Waals surface area contributed by atoms with Crippen molar-refractivity contribution >= 4 is 34.8 Å². The fraction of sp³-hybridized carbons (Fsp3) is 0.444. The highest BCUT2D eigenvalue weighted by Gasteiger charge is 2.17. The number of amides is 1. The zero-order valence-electron chi connectivity index (χ0n) is 14.4. The Morgan fingerprint density at radius 2 is 2.00 bits per heavy atom. The summed E-state index contributed by atoms with van der Waals surface area (Å²) in [4.78, 5) is 19.2. The number of likely N-dealkylation sites (tertiary alicyclic amines) is 1. The molecule has 0 bridgehead atoms. The molecule has 1 fully saturated rings. The van der Waals surface area contributed by atoms with E-state index in [9.17, 15) is 4.79 Å². The van der Waals surface area contributed by atoms with Gasteiger partial charge in [0.2, 0.25) is 0 Å². The topological polar surface area (TPSA) is 71.2 Å². The van der Waals surface area contributed by atoms with Crippen LogP contribution in [0.3, 0.4) is 0 Å². The molecule has 3 rings (SSSR count). The SMILES string of the molecule is CC1CCN(Cc2csc(NC(=O)c3ccc(CN)cc3)n2)CC1.Cl. The van der Waals surface area contributed by atoms with Gasteiger partial charge >= 0.3 is 0 Å². The van der Waals surface area contributed by atoms with Crippen LogP contribution in [0.4, 0.5) is 5.13 Å². The molecule has 1 aromatic heterocycles. The number of halogens is 1. The first-order valence-corrected chi connectivity index (χ1v) is 9.29. The van der Waals surface area contributed by atoms with Gasteiger partial charge in [-0.1, -0.05) is 19.1 Å². The molecule has 0 aliphatic carbocycles. The summed E-state index contributed by atoms with van der Waals surface area (Å²) in [6.45, 7) is 5.92. The minimum atomic E-state index is -0.133. The number of thiazole rings is 1. The van der Waals surface area contributed by atoms with Crippen molar-refractivity contribution in [1.82, 2.24) is 9.88 Å². The van der Waals surface area contributed by atoms with Gasteiger partial charge in [-0.25, -0.2) is 4.98 Å². The molecule has 3 N–H and O–H groups in total. The van der Waals surface area contributed by atoms with E-state index in [1.54, 1.807) is 12.1 Å². The van der Waals surface area contributed by atoms with Gasteiger partial charge < -0.3 is 5.73 Å². The summed E-state index contributed by atoms with van der Waals surface area (Å²) in [6.07, 6.45) is 2.51. The number of aromatic nitrogens is 1. The van der Waals surface area contributed by atoms with Crippen LogP contribution in [0.15, 0.2) is 29.6 Å². The molecule has 0 saturated carbocycles. The predicted octanol–water partition coefficient (Wildman–Crippen LogP) is 3.51. The van der Waals surface area contributed by atoms with Gasteiger partial charge in [-0.2, -0.15) is 0 Å². The van der Waals surface area contributed by atoms with E-state index in [1.165, 1.54) is 24.2 Å². The van der Waals surface area contributed by atoms with Crippen molar-refractivity contribution in [1.29, 1.82) is 0 Å². The number of hydrogen-bond acceptors (Lipinski definition) is 5. The summed E-state index contributed by atoms with van der Waals surface area (Å²) in [5.41, 5.74) is 8.24. The molecule has 0 spiro atoms. The molecule has 1 saturated heterocycles. The van der Waals surface area contributed by atoms with Crippen molar-refractivity contribution in [3.8, 4) is 0 Å². The van der Waals surface area contributed by atoms with Crippen LogP contribution in [0.2, 0.25) is 0 Å². The Balaban J connectivity index is 0.00000225. The Hall–Kier alpha value is -1.47. The summed E-state index contributed by atoms with van der Waals surface area (Å²) in [5, 5.41) is 5.57. The third-order valence-electron chi connectivity index (χ3n) is 4.49. The molecule has 5 nitrogen and oxygen atoms in total. The molecule has 1 amide bonds. The molecular formula is C18H25ClN4OS. The number of nitrogens with two attached hydrogens (primary N) is 1. The maximum atomic E-state index is 12.3. The van der Waals surface area contributed by atoms with Crippen LogP contribution in [0.1, 0.15) is 41.4 Å². The Morgan fingerprint density at radius 1 is 1.32 bits per heavy atom. The van der Waals surface area contributed by atoms with Crippen LogP contribution < -0.4 is 11.1 Å². The molecule has 0 unspecified atom stereocenters. The van der Waals surface area contributed by atoms with Gasteiger partial charge in [0.25, 0.3) is 5.91 Å². The minimum absolute atomic E-state index is 0. The molecule has 136 valence electrons. The summed E-state index contributed by atoms with van der Waals surface area (Å²) in [6, 6.07) is 7.33. The first-order valence-electron chi connectivity index (χ1n) is 8.41. The number of anilines is 1. The lowest BCUT2D eigenvalue weighted by atomic mass is 9.99. The summed E-state index contributed by atoms with van der Waals surface area (Å²) in [7, 11) is 0. The molecule has 1 aliphatic rings. The second-order valence-corrected chi connectivity index (χ2v) is 7.32. The van der Waals surface area contributed by atoms with Crippen LogP contribution in [0, 0.1) is 5.92 Å². The summed E-state index contributed by atoms with van der Waals surface area (Å²) < 4.78 is 0. The number of rotatable bonds is 5. The Morgan fingerprint density at radius 3 is 2.64 bits per heavy atom. The largest absolute Gasteiger partial charge is 0.326 e. The van der Waals surface area contributed by atoms with Gasteiger partial charge in [-0.3, -0.25) is 15.0 Å². The quantitative estimate of drug-likeness (QED) is 0.832. The summed E-state index contributed by atoms with van der Waals surface area (Å²) >= 11 is 1.48. The van der Waals surface area contributed by atoms with Crippen LogP contribution in [0.5, 0.6) is 0 Å². The maximum absolute atomic E-state index is 12.3. The Kier molecular flexibility index (Phi) is 7.38. The van der Waals surface area contributed by atoms with E-state index in [2.05, 4.69) is 22.1 Å². The van der Waals surface area contributed by atoms with Crippen molar-refractivity contribution in [3.63, 3.8) is 0 Å². The van der Waals surface area contributed by atoms with E-state index in [1.807, 2.05) is 17.5 Å². The van der Waals surface area contributed by atoms with Gasteiger partial charge in [0, 0.05) is 24.0 Å². The smallest absolute Gasteiger partial charge is 0.257 e. The Labute approximate surface area is 159 Å². The molecule has 0 atom stereocenters. The van der Waals surface area contributed by atoms with E-state index >= 15 is 0 Å². The van der Waals surface area contributed by atoms with Crippen LogP contribution in [-0.2, 0) is 13.1 Å². The third-order valence-corrected chi connectivity index (χ3v) is 5.29. The van der Waals surface area contributed by atoms with E-state index in [0.717, 1.165) is 36.8 Å². The molecule has 0 radical (unpaired) electrons. The molecule has 25 heavy (non-hydrogen) atoms. The van der Waals surface area contributed by atoms with E-state index in [-0.39, 0.29) is 18.3 Å². The second-order valence-electron chi connectivity index (χ2n) is 6.46. The van der Waals surface area contributed by atoms with Crippen molar-refractivity contribution in [2.24, 2.45) is 11.7 Å². The van der Waals surface area contributed by atoms with Crippen molar-refractivity contribution in [2.75, 3.05) is 18.4 Å². The lowest BCUT2D eigenvalue weighted by Gasteiger charge is -2.29. The highest BCUT2D eigenvalue weighted by molar-refractivity contribution is 7.13. The van der Waals surface area contributed by atoms with Crippen molar-refractivity contribution in [3.05, 3.63) is 46.5 Å². The molecule has 2 heterocycles. The lowest BCUT2D eigenvalue weighted by Crippen LogP contribution is -2.32. The van der Waals surface area contributed by atoms with E-state index in [4.69, 9.17) is 5.73 Å². The number of carbonyl (C=O) groups is 1. The van der Waals surface area contributed by atoms with Crippen molar-refractivity contribution < 1.29 is 4.79 Å². The van der Waals surface area contributed by atoms with E-state index in [0.29, 0.717) is 17.2 Å². The summed E-state index contributed by atoms with van der Waals surface area (Å²) in [5.74, 6) is 0.698. The molecular weight excluding hydrogens is 356 g/mol. The standard InChI is InChI=1S/C18H24N4OS.ClH/c1-13-6-8-22(9-7-13)11-16-12-24-18(20-16)21-17(23)15-4-2-14(10-19)3-5-15;/h2-5,12-13H,6-11,19H2,1H3,(H,20,21,23);1H. The molecule has 2 aromatic rings. The van der Waals surface area contributed by atoms with Crippen LogP contribution in [-0.4, -0.2) is 28.9 Å². The van der Waals surface area contributed by atoms with Gasteiger partial charge in [0.1, 0.15) is 0 Å². The fourth-order valence-electron chi connectivity index (χ4n) is 2.85. The average Bonchev–Trinajstić information content (AvgIpc) is 3.04. The normalized spacial score (nSPS) is 15.6. The number of benzene rings is 1. The zero-order valence-corrected chi connectivity index (χ0v) is 16.0. The minimum Gasteiger partial charge on any atom is -0.326 e. The number of carbonyl (C=O) groups excluding carboxylic acids is 1. The average molecular weight is 381 g/mol. The predicted molar refractivity (Wildman–Crippen MR) is 105 cm³/mol. The highest BCUT2D eigenvalue weighted by Crippen LogP contribution is 2.21. The molecule has 1 aliphatic heterocycles. The third kappa shape index (κ3) is 5.51. The zero-order chi connectivity index (χ0) is 16.9. The van der Waals surface area contributed by atoms with Gasteiger partial charge in [-0.05, 0) is 49.5 Å². The van der Waals surface area contributed by atoms with Gasteiger partial charge in [-0.15, -0.1) is 23.7 Å². The number of hydrogen-bond donors (Lipinski definition) is 2. The monoisotopic (exact) mass is 380 g/mol. The highest BCUT2D eigenvalue weighted by atomic mass is 35.5. The number of piperidine rings is 1. The second kappa shape index (κ2) is 9.29. The number of nitrogens with zero attached hydrogens (tertiary/aromatic N) is 2. The van der Waals surface area contributed by atoms with Gasteiger partial charge in [0.05, 0.1) is 5.69 Å². The molecule has 7 heteroatoms. The maximum Gasteiger partial charge on any atom is 0.257 e. The van der Waals surface area contributed by atoms with Crippen molar-refractivity contribution in [2.45, 2.75) is 32.9 Å². The number of nitrogens with one attached hydrogen (secondary N) is 1. The lowest BCUT2D eigenvalue weighted by molar-refractivity contribution is 0.102. The first-order chi connectivity index (χ1) is 11.6. The molecule has 1 aromatic carbocycles.